The van der Waals surface area contributed by atoms with Crippen LogP contribution in [0.3, 0.4) is 0 Å². The zero-order valence-electron chi connectivity index (χ0n) is 14.9. The minimum atomic E-state index is -0.372. The van der Waals surface area contributed by atoms with Crippen molar-refractivity contribution >= 4 is 28.3 Å². The Labute approximate surface area is 166 Å². The first-order chi connectivity index (χ1) is 13.7. The van der Waals surface area contributed by atoms with E-state index in [0.29, 0.717) is 23.9 Å². The number of anilines is 1. The summed E-state index contributed by atoms with van der Waals surface area (Å²) in [6.07, 6.45) is 0. The van der Waals surface area contributed by atoms with Crippen LogP contribution >= 0.6 is 11.6 Å². The highest BCUT2D eigenvalue weighted by molar-refractivity contribution is 6.30. The van der Waals surface area contributed by atoms with Gasteiger partial charge in [0, 0.05) is 22.2 Å². The molecule has 138 valence electrons. The summed E-state index contributed by atoms with van der Waals surface area (Å²) < 4.78 is 11.6. The molecule has 1 aromatic heterocycles. The zero-order chi connectivity index (χ0) is 19.1. The van der Waals surface area contributed by atoms with Crippen molar-refractivity contribution in [2.45, 2.75) is 6.54 Å². The van der Waals surface area contributed by atoms with Gasteiger partial charge in [-0.3, -0.25) is 0 Å². The Kier molecular flexibility index (Phi) is 4.06. The lowest BCUT2D eigenvalue weighted by Crippen LogP contribution is -2.32. The Bertz CT molecular complexity index is 1220. The van der Waals surface area contributed by atoms with Gasteiger partial charge >= 0.3 is 5.63 Å². The lowest BCUT2D eigenvalue weighted by Gasteiger charge is -2.31. The molecule has 1 aliphatic heterocycles. The van der Waals surface area contributed by atoms with Crippen LogP contribution in [0.15, 0.2) is 82.0 Å². The first kappa shape index (κ1) is 16.9. The van der Waals surface area contributed by atoms with Crippen LogP contribution in [0.4, 0.5) is 5.69 Å². The van der Waals surface area contributed by atoms with Gasteiger partial charge in [-0.25, -0.2) is 4.79 Å². The molecule has 1 aliphatic rings. The van der Waals surface area contributed by atoms with Crippen LogP contribution in [-0.2, 0) is 6.54 Å². The molecule has 0 saturated carbocycles. The molecule has 2 heterocycles. The fourth-order valence-corrected chi connectivity index (χ4v) is 3.73. The molecule has 0 atom stereocenters. The maximum absolute atomic E-state index is 12.3. The smallest absolute Gasteiger partial charge is 0.336 e. The molecule has 0 bridgehead atoms. The molecule has 5 rings (SSSR count). The fraction of sp³-hybridized carbons (Fsp3) is 0.0870. The Morgan fingerprint density at radius 3 is 2.50 bits per heavy atom. The maximum Gasteiger partial charge on any atom is 0.336 e. The number of nitrogens with zero attached hydrogens (tertiary/aromatic N) is 1. The number of rotatable bonds is 2. The number of ether oxygens (including phenoxy) is 1. The summed E-state index contributed by atoms with van der Waals surface area (Å²) in [6, 6.07) is 22.9. The number of benzene rings is 3. The van der Waals surface area contributed by atoms with E-state index in [1.54, 1.807) is 6.07 Å². The van der Waals surface area contributed by atoms with Gasteiger partial charge < -0.3 is 14.1 Å². The summed E-state index contributed by atoms with van der Waals surface area (Å²) in [5, 5.41) is 1.58. The van der Waals surface area contributed by atoms with Gasteiger partial charge in [0.15, 0.2) is 6.73 Å². The number of hydrogen-bond acceptors (Lipinski definition) is 4. The van der Waals surface area contributed by atoms with Crippen molar-refractivity contribution in [2.24, 2.45) is 0 Å². The molecule has 0 fully saturated rings. The molecule has 4 aromatic rings. The van der Waals surface area contributed by atoms with Gasteiger partial charge in [-0.1, -0.05) is 41.9 Å². The molecular weight excluding hydrogens is 374 g/mol. The van der Waals surface area contributed by atoms with Crippen LogP contribution in [0.5, 0.6) is 5.75 Å². The van der Waals surface area contributed by atoms with Crippen molar-refractivity contribution in [3.05, 3.63) is 93.8 Å². The summed E-state index contributed by atoms with van der Waals surface area (Å²) in [6.45, 7) is 0.998. The summed E-state index contributed by atoms with van der Waals surface area (Å²) in [5.74, 6) is 0.742. The van der Waals surface area contributed by atoms with Gasteiger partial charge in [0.25, 0.3) is 0 Å². The van der Waals surface area contributed by atoms with Crippen LogP contribution in [-0.4, -0.2) is 6.73 Å². The predicted octanol–water partition coefficient (Wildman–Crippen LogP) is 5.47. The lowest BCUT2D eigenvalue weighted by molar-refractivity contribution is 0.289. The van der Waals surface area contributed by atoms with E-state index in [0.717, 1.165) is 33.5 Å². The van der Waals surface area contributed by atoms with Gasteiger partial charge in [0.2, 0.25) is 0 Å². The second-order valence-electron chi connectivity index (χ2n) is 6.71. The van der Waals surface area contributed by atoms with Gasteiger partial charge in [-0.05, 0) is 47.5 Å². The topological polar surface area (TPSA) is 42.7 Å². The van der Waals surface area contributed by atoms with Crippen molar-refractivity contribution in [3.63, 3.8) is 0 Å². The molecule has 0 N–H and O–H groups in total. The quantitative estimate of drug-likeness (QED) is 0.426. The molecule has 0 saturated heterocycles. The number of fused-ring (bicyclic) bond motifs is 3. The summed E-state index contributed by atoms with van der Waals surface area (Å²) >= 11 is 6.00. The van der Waals surface area contributed by atoms with Crippen LogP contribution in [0, 0.1) is 0 Å². The third-order valence-corrected chi connectivity index (χ3v) is 5.23. The monoisotopic (exact) mass is 389 g/mol. The van der Waals surface area contributed by atoms with Crippen molar-refractivity contribution in [3.8, 4) is 16.9 Å². The summed E-state index contributed by atoms with van der Waals surface area (Å²) in [5.41, 5.74) is 3.90. The van der Waals surface area contributed by atoms with Gasteiger partial charge in [0.1, 0.15) is 11.3 Å². The van der Waals surface area contributed by atoms with Gasteiger partial charge in [-0.2, -0.15) is 0 Å². The van der Waals surface area contributed by atoms with Crippen molar-refractivity contribution < 1.29 is 9.15 Å². The van der Waals surface area contributed by atoms with Crippen LogP contribution < -0.4 is 15.3 Å². The molecule has 3 aromatic carbocycles. The van der Waals surface area contributed by atoms with E-state index in [9.17, 15) is 4.79 Å². The molecule has 28 heavy (non-hydrogen) atoms. The highest BCUT2D eigenvalue weighted by Gasteiger charge is 2.23. The SMILES string of the molecule is O=c1cc(-c2ccccc2)c2ccc3c(c2o1)CN(c1ccc(Cl)cc1)CO3. The Morgan fingerprint density at radius 1 is 0.929 bits per heavy atom. The molecule has 0 unspecified atom stereocenters. The summed E-state index contributed by atoms with van der Waals surface area (Å²) in [4.78, 5) is 14.4. The number of hydrogen-bond donors (Lipinski definition) is 0. The molecule has 0 spiro atoms. The van der Waals surface area contributed by atoms with Gasteiger partial charge in [0.05, 0.1) is 12.1 Å². The van der Waals surface area contributed by atoms with E-state index in [1.807, 2.05) is 66.7 Å². The molecular formula is C23H16ClNO3. The summed E-state index contributed by atoms with van der Waals surface area (Å²) in [7, 11) is 0. The average Bonchev–Trinajstić information content (AvgIpc) is 2.74. The lowest BCUT2D eigenvalue weighted by atomic mass is 9.99. The second kappa shape index (κ2) is 6.73. The third kappa shape index (κ3) is 2.92. The standard InChI is InChI=1S/C23H16ClNO3/c24-16-6-8-17(9-7-16)25-13-20-21(27-14-25)11-10-18-19(12-22(26)28-23(18)20)15-4-2-1-3-5-15/h1-12H,13-14H2. The maximum atomic E-state index is 12.3. The van der Waals surface area contributed by atoms with E-state index in [2.05, 4.69) is 4.90 Å². The first-order valence-corrected chi connectivity index (χ1v) is 9.35. The Morgan fingerprint density at radius 2 is 1.71 bits per heavy atom. The van der Waals surface area contributed by atoms with E-state index >= 15 is 0 Å². The molecule has 4 nitrogen and oxygen atoms in total. The highest BCUT2D eigenvalue weighted by atomic mass is 35.5. The minimum Gasteiger partial charge on any atom is -0.473 e. The third-order valence-electron chi connectivity index (χ3n) is 4.97. The average molecular weight is 390 g/mol. The fourth-order valence-electron chi connectivity index (χ4n) is 3.61. The van der Waals surface area contributed by atoms with Crippen molar-refractivity contribution in [2.75, 3.05) is 11.6 Å². The Balaban J connectivity index is 1.66. The van der Waals surface area contributed by atoms with Crippen molar-refractivity contribution in [1.82, 2.24) is 0 Å². The van der Waals surface area contributed by atoms with E-state index in [-0.39, 0.29) is 5.63 Å². The van der Waals surface area contributed by atoms with E-state index < -0.39 is 0 Å². The van der Waals surface area contributed by atoms with E-state index in [1.165, 1.54) is 0 Å². The number of halogens is 1. The zero-order valence-corrected chi connectivity index (χ0v) is 15.6. The van der Waals surface area contributed by atoms with Gasteiger partial charge in [-0.15, -0.1) is 0 Å². The second-order valence-corrected chi connectivity index (χ2v) is 7.15. The van der Waals surface area contributed by atoms with Crippen LogP contribution in [0.2, 0.25) is 5.02 Å². The molecule has 0 amide bonds. The predicted molar refractivity (Wildman–Crippen MR) is 111 cm³/mol. The molecule has 5 heteroatoms. The Hall–Kier alpha value is -3.24. The highest BCUT2D eigenvalue weighted by Crippen LogP contribution is 2.37. The van der Waals surface area contributed by atoms with E-state index in [4.69, 9.17) is 20.8 Å². The normalized spacial score (nSPS) is 13.2. The minimum absolute atomic E-state index is 0.372. The van der Waals surface area contributed by atoms with Crippen molar-refractivity contribution in [1.29, 1.82) is 0 Å². The first-order valence-electron chi connectivity index (χ1n) is 8.97. The van der Waals surface area contributed by atoms with Crippen LogP contribution in [0.25, 0.3) is 22.1 Å². The van der Waals surface area contributed by atoms with Crippen LogP contribution in [0.1, 0.15) is 5.56 Å². The largest absolute Gasteiger partial charge is 0.473 e. The molecule has 0 aliphatic carbocycles. The molecule has 0 radical (unpaired) electrons.